The highest BCUT2D eigenvalue weighted by Gasteiger charge is 2.18. The van der Waals surface area contributed by atoms with Crippen LogP contribution in [0.1, 0.15) is 6.42 Å². The molecular weight excluding hydrogens is 144 g/mol. The molecule has 0 radical (unpaired) electrons. The number of halogens is 1. The fraction of sp³-hybridized carbons (Fsp3) is 0.800. The van der Waals surface area contributed by atoms with E-state index in [2.05, 4.69) is 0 Å². The predicted octanol–water partition coefficient (Wildman–Crippen LogP) is 1.59. The smallest absolute Gasteiger partial charge is 0.160 e. The van der Waals surface area contributed by atoms with Crippen LogP contribution in [0.5, 0.6) is 0 Å². The van der Waals surface area contributed by atoms with Crippen LogP contribution in [0, 0.1) is 5.92 Å². The molecule has 0 amide bonds. The molecule has 46 valence electrons. The van der Waals surface area contributed by atoms with Crippen LogP contribution >= 0.6 is 23.8 Å². The molecule has 1 unspecified atom stereocenters. The zero-order valence-electron chi connectivity index (χ0n) is 4.39. The van der Waals surface area contributed by atoms with Gasteiger partial charge in [-0.15, -0.1) is 11.6 Å². The second kappa shape index (κ2) is 2.65. The van der Waals surface area contributed by atoms with Gasteiger partial charge in [0.05, 0.1) is 6.61 Å². The number of ether oxygens (including phenoxy) is 1. The summed E-state index contributed by atoms with van der Waals surface area (Å²) in [5, 5.41) is 0.718. The van der Waals surface area contributed by atoms with Crippen molar-refractivity contribution in [3.05, 3.63) is 0 Å². The van der Waals surface area contributed by atoms with Crippen molar-refractivity contribution >= 4 is 28.9 Å². The van der Waals surface area contributed by atoms with Crippen molar-refractivity contribution in [2.45, 2.75) is 6.42 Å². The summed E-state index contributed by atoms with van der Waals surface area (Å²) in [5.41, 5.74) is 0. The minimum Gasteiger partial charge on any atom is -0.487 e. The lowest BCUT2D eigenvalue weighted by Crippen LogP contribution is -1.98. The lowest BCUT2D eigenvalue weighted by atomic mass is 10.2. The first-order valence-corrected chi connectivity index (χ1v) is 3.49. The Morgan fingerprint density at radius 2 is 2.62 bits per heavy atom. The molecule has 0 N–H and O–H groups in total. The molecule has 1 heterocycles. The summed E-state index contributed by atoms with van der Waals surface area (Å²) in [6, 6.07) is 0. The van der Waals surface area contributed by atoms with Crippen LogP contribution in [0.15, 0.2) is 0 Å². The number of alkyl halides is 1. The molecule has 0 spiro atoms. The van der Waals surface area contributed by atoms with E-state index in [1.54, 1.807) is 0 Å². The molecule has 0 aromatic carbocycles. The van der Waals surface area contributed by atoms with Crippen LogP contribution in [-0.4, -0.2) is 17.5 Å². The monoisotopic (exact) mass is 150 g/mol. The first-order valence-electron chi connectivity index (χ1n) is 2.54. The topological polar surface area (TPSA) is 9.23 Å². The van der Waals surface area contributed by atoms with Gasteiger partial charge in [0.2, 0.25) is 0 Å². The van der Waals surface area contributed by atoms with Gasteiger partial charge in [0.15, 0.2) is 5.05 Å². The van der Waals surface area contributed by atoms with Crippen LogP contribution in [0.4, 0.5) is 0 Å². The Morgan fingerprint density at radius 3 is 2.88 bits per heavy atom. The molecule has 1 aliphatic rings. The van der Waals surface area contributed by atoms with Crippen LogP contribution < -0.4 is 0 Å². The second-order valence-corrected chi connectivity index (χ2v) is 2.67. The summed E-state index contributed by atoms with van der Waals surface area (Å²) in [7, 11) is 0. The van der Waals surface area contributed by atoms with Gasteiger partial charge >= 0.3 is 0 Å². The summed E-state index contributed by atoms with van der Waals surface area (Å²) < 4.78 is 5.00. The summed E-state index contributed by atoms with van der Waals surface area (Å²) in [5.74, 6) is 1.14. The van der Waals surface area contributed by atoms with Crippen LogP contribution in [0.3, 0.4) is 0 Å². The van der Waals surface area contributed by atoms with Gasteiger partial charge in [-0.3, -0.25) is 0 Å². The van der Waals surface area contributed by atoms with Gasteiger partial charge in [-0.25, -0.2) is 0 Å². The fourth-order valence-corrected chi connectivity index (χ4v) is 1.17. The quantitative estimate of drug-likeness (QED) is 0.415. The van der Waals surface area contributed by atoms with Crippen LogP contribution in [0.2, 0.25) is 0 Å². The molecule has 0 aromatic rings. The molecule has 1 rings (SSSR count). The van der Waals surface area contributed by atoms with E-state index >= 15 is 0 Å². The van der Waals surface area contributed by atoms with Crippen molar-refractivity contribution in [3.63, 3.8) is 0 Å². The lowest BCUT2D eigenvalue weighted by Gasteiger charge is -1.94. The Bertz CT molecular complexity index is 105. The highest BCUT2D eigenvalue weighted by atomic mass is 35.5. The average molecular weight is 151 g/mol. The van der Waals surface area contributed by atoms with Crippen molar-refractivity contribution in [1.29, 1.82) is 0 Å². The first-order chi connectivity index (χ1) is 3.83. The van der Waals surface area contributed by atoms with E-state index in [4.69, 9.17) is 28.6 Å². The van der Waals surface area contributed by atoms with Gasteiger partial charge in [-0.05, 0) is 12.2 Å². The Labute approximate surface area is 59.0 Å². The third kappa shape index (κ3) is 1.33. The normalized spacial score (nSPS) is 28.1. The molecular formula is C5H7ClOS. The van der Waals surface area contributed by atoms with E-state index in [1.165, 1.54) is 0 Å². The minimum atomic E-state index is 0.476. The molecule has 1 atom stereocenters. The summed E-state index contributed by atoms with van der Waals surface area (Å²) >= 11 is 10.3. The maximum atomic E-state index is 5.53. The zero-order valence-corrected chi connectivity index (χ0v) is 5.97. The summed E-state index contributed by atoms with van der Waals surface area (Å²) in [6.07, 6.45) is 0.874. The van der Waals surface area contributed by atoms with Crippen LogP contribution in [0.25, 0.3) is 0 Å². The van der Waals surface area contributed by atoms with Gasteiger partial charge in [0, 0.05) is 18.2 Å². The Morgan fingerprint density at radius 1 is 1.88 bits per heavy atom. The number of thiocarbonyl (C=S) groups is 1. The first kappa shape index (κ1) is 6.30. The highest BCUT2D eigenvalue weighted by Crippen LogP contribution is 2.15. The van der Waals surface area contributed by atoms with Crippen molar-refractivity contribution in [1.82, 2.24) is 0 Å². The van der Waals surface area contributed by atoms with Crippen molar-refractivity contribution < 1.29 is 4.74 Å². The summed E-state index contributed by atoms with van der Waals surface area (Å²) in [6.45, 7) is 0.725. The third-order valence-corrected chi connectivity index (χ3v) is 1.87. The molecule has 1 nitrogen and oxygen atoms in total. The lowest BCUT2D eigenvalue weighted by molar-refractivity contribution is 0.316. The van der Waals surface area contributed by atoms with Crippen LogP contribution in [-0.2, 0) is 4.74 Å². The SMILES string of the molecule is S=C1CC(CCl)CO1. The number of hydrogen-bond acceptors (Lipinski definition) is 2. The zero-order chi connectivity index (χ0) is 5.98. The second-order valence-electron chi connectivity index (χ2n) is 1.91. The Hall–Kier alpha value is 0.180. The van der Waals surface area contributed by atoms with Gasteiger partial charge in [-0.1, -0.05) is 0 Å². The van der Waals surface area contributed by atoms with Gasteiger partial charge in [0.25, 0.3) is 0 Å². The standard InChI is InChI=1S/C5H7ClOS/c6-2-4-1-5(8)7-3-4/h4H,1-3H2. The molecule has 1 saturated heterocycles. The van der Waals surface area contributed by atoms with E-state index in [-0.39, 0.29) is 0 Å². The van der Waals surface area contributed by atoms with Crippen molar-refractivity contribution in [3.8, 4) is 0 Å². The Balaban J connectivity index is 2.32. The molecule has 0 saturated carbocycles. The Kier molecular flexibility index (Phi) is 2.08. The highest BCUT2D eigenvalue weighted by molar-refractivity contribution is 7.80. The van der Waals surface area contributed by atoms with E-state index in [0.717, 1.165) is 18.1 Å². The molecule has 8 heavy (non-hydrogen) atoms. The maximum absolute atomic E-state index is 5.53. The van der Waals surface area contributed by atoms with E-state index in [0.29, 0.717) is 11.8 Å². The van der Waals surface area contributed by atoms with E-state index < -0.39 is 0 Å². The molecule has 1 fully saturated rings. The minimum absolute atomic E-state index is 0.476. The van der Waals surface area contributed by atoms with Gasteiger partial charge < -0.3 is 4.74 Å². The molecule has 3 heteroatoms. The predicted molar refractivity (Wildman–Crippen MR) is 37.4 cm³/mol. The number of rotatable bonds is 1. The molecule has 0 aliphatic carbocycles. The number of hydrogen-bond donors (Lipinski definition) is 0. The third-order valence-electron chi connectivity index (χ3n) is 1.15. The van der Waals surface area contributed by atoms with E-state index in [9.17, 15) is 0 Å². The average Bonchev–Trinajstić information content (AvgIpc) is 2.14. The van der Waals surface area contributed by atoms with Gasteiger partial charge in [-0.2, -0.15) is 0 Å². The van der Waals surface area contributed by atoms with Crippen molar-refractivity contribution in [2.75, 3.05) is 12.5 Å². The molecule has 0 aromatic heterocycles. The van der Waals surface area contributed by atoms with Gasteiger partial charge in [0.1, 0.15) is 0 Å². The van der Waals surface area contributed by atoms with E-state index in [1.807, 2.05) is 0 Å². The fourth-order valence-electron chi connectivity index (χ4n) is 0.663. The maximum Gasteiger partial charge on any atom is 0.160 e. The van der Waals surface area contributed by atoms with Crippen molar-refractivity contribution in [2.24, 2.45) is 5.92 Å². The largest absolute Gasteiger partial charge is 0.487 e. The molecule has 0 bridgehead atoms. The summed E-state index contributed by atoms with van der Waals surface area (Å²) in [4.78, 5) is 0. The molecule has 1 aliphatic heterocycles.